The largest absolute Gasteiger partial charge is 0.300 e. The average molecular weight is 262 g/mol. The van der Waals surface area contributed by atoms with E-state index in [1.807, 2.05) is 18.2 Å². The van der Waals surface area contributed by atoms with Crippen molar-refractivity contribution in [1.82, 2.24) is 0 Å². The first-order valence-corrected chi connectivity index (χ1v) is 7.59. The molecule has 0 saturated heterocycles. The molecule has 0 aliphatic rings. The lowest BCUT2D eigenvalue weighted by Gasteiger charge is -1.97. The van der Waals surface area contributed by atoms with Crippen LogP contribution in [-0.4, -0.2) is 5.78 Å². The van der Waals surface area contributed by atoms with Gasteiger partial charge in [0.05, 0.1) is 0 Å². The molecule has 0 spiro atoms. The fourth-order valence-corrected chi connectivity index (χ4v) is 2.31. The minimum absolute atomic E-state index is 0.418. The van der Waals surface area contributed by atoms with Gasteiger partial charge in [-0.15, -0.1) is 0 Å². The summed E-state index contributed by atoms with van der Waals surface area (Å²) in [7, 11) is 0. The van der Waals surface area contributed by atoms with Gasteiger partial charge in [-0.3, -0.25) is 4.79 Å². The van der Waals surface area contributed by atoms with E-state index < -0.39 is 0 Å². The molecule has 0 heterocycles. The topological polar surface area (TPSA) is 17.1 Å². The number of allylic oxidation sites excluding steroid dienone is 1. The second kappa shape index (κ2) is 9.95. The molecule has 98 valence electrons. The van der Waals surface area contributed by atoms with Crippen molar-refractivity contribution in [3.8, 4) is 0 Å². The van der Waals surface area contributed by atoms with Crippen LogP contribution in [0.2, 0.25) is 0 Å². The quantitative estimate of drug-likeness (QED) is 0.448. The lowest BCUT2D eigenvalue weighted by molar-refractivity contribution is -0.119. The van der Waals surface area contributed by atoms with Crippen molar-refractivity contribution in [2.45, 2.75) is 50.3 Å². The van der Waals surface area contributed by atoms with E-state index in [0.717, 1.165) is 38.5 Å². The number of ketones is 1. The predicted octanol–water partition coefficient (Wildman–Crippen LogP) is 5.22. The van der Waals surface area contributed by atoms with Gasteiger partial charge in [0, 0.05) is 17.7 Å². The van der Waals surface area contributed by atoms with Gasteiger partial charge in [-0.1, -0.05) is 49.4 Å². The Labute approximate surface area is 115 Å². The Morgan fingerprint density at radius 2 is 1.89 bits per heavy atom. The number of hydrogen-bond acceptors (Lipinski definition) is 2. The van der Waals surface area contributed by atoms with Crippen LogP contribution in [0.25, 0.3) is 0 Å². The van der Waals surface area contributed by atoms with E-state index in [-0.39, 0.29) is 0 Å². The summed E-state index contributed by atoms with van der Waals surface area (Å²) >= 11 is 1.73. The van der Waals surface area contributed by atoms with E-state index in [0.29, 0.717) is 5.78 Å². The smallest absolute Gasteiger partial charge is 0.132 e. The molecular formula is C16H22OS. The molecule has 0 bridgehead atoms. The second-order valence-electron chi connectivity index (χ2n) is 4.34. The van der Waals surface area contributed by atoms with Gasteiger partial charge >= 0.3 is 0 Å². The highest BCUT2D eigenvalue weighted by Gasteiger charge is 1.99. The van der Waals surface area contributed by atoms with Gasteiger partial charge in [0.15, 0.2) is 0 Å². The summed E-state index contributed by atoms with van der Waals surface area (Å²) in [6, 6.07) is 10.3. The lowest BCUT2D eigenvalue weighted by atomic mass is 10.1. The van der Waals surface area contributed by atoms with E-state index in [4.69, 9.17) is 0 Å². The summed E-state index contributed by atoms with van der Waals surface area (Å²) in [5.41, 5.74) is 0. The highest BCUT2D eigenvalue weighted by Crippen LogP contribution is 2.18. The standard InChI is InChI=1S/C16H22OS/c1-2-3-10-15(17)11-6-5-9-14-18-16-12-7-4-8-13-16/h4,7-9,12-14H,2-3,5-6,10-11H2,1H3. The molecule has 0 atom stereocenters. The minimum atomic E-state index is 0.418. The highest BCUT2D eigenvalue weighted by molar-refractivity contribution is 8.02. The number of carbonyl (C=O) groups excluding carboxylic acids is 1. The van der Waals surface area contributed by atoms with Crippen LogP contribution in [-0.2, 0) is 4.79 Å². The van der Waals surface area contributed by atoms with Crippen LogP contribution in [0.1, 0.15) is 45.4 Å². The van der Waals surface area contributed by atoms with Crippen molar-refractivity contribution >= 4 is 17.5 Å². The molecule has 0 N–H and O–H groups in total. The molecule has 0 aliphatic heterocycles. The summed E-state index contributed by atoms with van der Waals surface area (Å²) in [6.45, 7) is 2.12. The molecule has 1 nitrogen and oxygen atoms in total. The van der Waals surface area contributed by atoms with Crippen LogP contribution in [0.5, 0.6) is 0 Å². The minimum Gasteiger partial charge on any atom is -0.300 e. The maximum atomic E-state index is 11.4. The van der Waals surface area contributed by atoms with Crippen LogP contribution >= 0.6 is 11.8 Å². The van der Waals surface area contributed by atoms with Gasteiger partial charge < -0.3 is 0 Å². The first-order chi connectivity index (χ1) is 8.83. The van der Waals surface area contributed by atoms with Crippen LogP contribution in [0.3, 0.4) is 0 Å². The Hall–Kier alpha value is -1.02. The zero-order chi connectivity index (χ0) is 13.1. The molecule has 18 heavy (non-hydrogen) atoms. The maximum Gasteiger partial charge on any atom is 0.132 e. The molecule has 0 unspecified atom stereocenters. The lowest BCUT2D eigenvalue weighted by Crippen LogP contribution is -1.96. The number of thioether (sulfide) groups is 1. The summed E-state index contributed by atoms with van der Waals surface area (Å²) in [5, 5.41) is 2.12. The SMILES string of the molecule is CCCCC(=O)CCCC=CSc1ccccc1. The third-order valence-corrected chi connectivity index (χ3v) is 3.55. The van der Waals surface area contributed by atoms with E-state index >= 15 is 0 Å². The first-order valence-electron chi connectivity index (χ1n) is 6.71. The van der Waals surface area contributed by atoms with E-state index in [9.17, 15) is 4.79 Å². The van der Waals surface area contributed by atoms with E-state index in [1.165, 1.54) is 4.90 Å². The molecule has 0 radical (unpaired) electrons. The molecule has 1 rings (SSSR count). The zero-order valence-electron chi connectivity index (χ0n) is 11.1. The van der Waals surface area contributed by atoms with Crippen molar-refractivity contribution in [3.05, 3.63) is 41.8 Å². The Kier molecular flexibility index (Phi) is 8.32. The van der Waals surface area contributed by atoms with Crippen molar-refractivity contribution in [2.24, 2.45) is 0 Å². The average Bonchev–Trinajstić information content (AvgIpc) is 2.41. The van der Waals surface area contributed by atoms with Crippen LogP contribution < -0.4 is 0 Å². The summed E-state index contributed by atoms with van der Waals surface area (Å²) < 4.78 is 0. The monoisotopic (exact) mass is 262 g/mol. The number of benzene rings is 1. The third kappa shape index (κ3) is 7.33. The summed E-state index contributed by atoms with van der Waals surface area (Å²) in [4.78, 5) is 12.7. The Bertz CT molecular complexity index is 357. The molecule has 0 amide bonds. The normalized spacial score (nSPS) is 10.9. The second-order valence-corrected chi connectivity index (χ2v) is 5.32. The predicted molar refractivity (Wildman–Crippen MR) is 79.8 cm³/mol. The highest BCUT2D eigenvalue weighted by atomic mass is 32.2. The van der Waals surface area contributed by atoms with Gasteiger partial charge in [0.25, 0.3) is 0 Å². The van der Waals surface area contributed by atoms with Crippen LogP contribution in [0, 0.1) is 0 Å². The van der Waals surface area contributed by atoms with Crippen molar-refractivity contribution in [2.75, 3.05) is 0 Å². The fourth-order valence-electron chi connectivity index (χ4n) is 1.61. The molecule has 0 fully saturated rings. The molecule has 0 saturated carbocycles. The summed E-state index contributed by atoms with van der Waals surface area (Å²) in [5.74, 6) is 0.418. The van der Waals surface area contributed by atoms with Crippen LogP contribution in [0.15, 0.2) is 46.7 Å². The molecule has 0 aromatic heterocycles. The van der Waals surface area contributed by atoms with Crippen molar-refractivity contribution < 1.29 is 4.79 Å². The van der Waals surface area contributed by atoms with Gasteiger partial charge in [0.1, 0.15) is 5.78 Å². The Morgan fingerprint density at radius 1 is 1.17 bits per heavy atom. The molecule has 1 aromatic carbocycles. The Balaban J connectivity index is 2.06. The first kappa shape index (κ1) is 15.0. The van der Waals surface area contributed by atoms with Crippen LogP contribution in [0.4, 0.5) is 0 Å². The van der Waals surface area contributed by atoms with Gasteiger partial charge in [-0.25, -0.2) is 0 Å². The van der Waals surface area contributed by atoms with Gasteiger partial charge in [0.2, 0.25) is 0 Å². The number of hydrogen-bond donors (Lipinski definition) is 0. The van der Waals surface area contributed by atoms with Crippen molar-refractivity contribution in [3.63, 3.8) is 0 Å². The summed E-state index contributed by atoms with van der Waals surface area (Å²) in [6.07, 6.45) is 7.79. The maximum absolute atomic E-state index is 11.4. The molecule has 0 aliphatic carbocycles. The van der Waals surface area contributed by atoms with Crippen molar-refractivity contribution in [1.29, 1.82) is 0 Å². The van der Waals surface area contributed by atoms with Gasteiger partial charge in [-0.05, 0) is 36.8 Å². The molecular weight excluding hydrogens is 240 g/mol. The number of carbonyl (C=O) groups is 1. The molecule has 2 heteroatoms. The number of unbranched alkanes of at least 4 members (excludes halogenated alkanes) is 2. The Morgan fingerprint density at radius 3 is 2.61 bits per heavy atom. The number of Topliss-reactive ketones (excluding diaryl/α,β-unsaturated/α-hetero) is 1. The third-order valence-electron chi connectivity index (χ3n) is 2.68. The van der Waals surface area contributed by atoms with E-state index in [1.54, 1.807) is 11.8 Å². The number of rotatable bonds is 9. The molecule has 1 aromatic rings. The van der Waals surface area contributed by atoms with E-state index in [2.05, 4.69) is 30.5 Å². The zero-order valence-corrected chi connectivity index (χ0v) is 11.9. The fraction of sp³-hybridized carbons (Fsp3) is 0.438. The van der Waals surface area contributed by atoms with Gasteiger partial charge in [-0.2, -0.15) is 0 Å².